The second-order valence-electron chi connectivity index (χ2n) is 11.5. The van der Waals surface area contributed by atoms with Gasteiger partial charge in [-0.1, -0.05) is 67.7 Å². The molecule has 6 unspecified atom stereocenters. The summed E-state index contributed by atoms with van der Waals surface area (Å²) >= 11 is 0. The lowest BCUT2D eigenvalue weighted by atomic mass is 9.87. The summed E-state index contributed by atoms with van der Waals surface area (Å²) in [6.07, 6.45) is 6.64. The van der Waals surface area contributed by atoms with Crippen LogP contribution in [-0.2, 0) is 42.8 Å². The molecule has 3 fully saturated rings. The van der Waals surface area contributed by atoms with Crippen LogP contribution in [0.5, 0.6) is 0 Å². The summed E-state index contributed by atoms with van der Waals surface area (Å²) in [5, 5.41) is 0. The van der Waals surface area contributed by atoms with Crippen LogP contribution in [0.15, 0.2) is 0 Å². The molecule has 3 aliphatic rings. The Morgan fingerprint density at radius 3 is 1.05 bits per heavy atom. The summed E-state index contributed by atoms with van der Waals surface area (Å²) in [7, 11) is 0. The van der Waals surface area contributed by atoms with Gasteiger partial charge in [-0.3, -0.25) is 0 Å². The van der Waals surface area contributed by atoms with Crippen LogP contribution in [0, 0.1) is 5.41 Å². The predicted molar refractivity (Wildman–Crippen MR) is 144 cm³/mol. The Morgan fingerprint density at radius 2 is 0.846 bits per heavy atom. The van der Waals surface area contributed by atoms with E-state index in [9.17, 15) is 14.4 Å². The largest absolute Gasteiger partial charge is 0.463 e. The molecule has 0 aromatic carbocycles. The molecule has 9 nitrogen and oxygen atoms in total. The van der Waals surface area contributed by atoms with Crippen LogP contribution in [0.1, 0.15) is 113 Å². The van der Waals surface area contributed by atoms with Crippen LogP contribution < -0.4 is 0 Å². The van der Waals surface area contributed by atoms with Crippen LogP contribution in [-0.4, -0.2) is 72.8 Å². The number of carbonyl (C=O) groups is 3. The fraction of sp³-hybridized carbons (Fsp3) is 0.900. The molecule has 3 saturated heterocycles. The Balaban J connectivity index is 1.71. The first-order valence-electron chi connectivity index (χ1n) is 15.2. The van der Waals surface area contributed by atoms with Crippen LogP contribution in [0.25, 0.3) is 0 Å². The number of hydrogen-bond acceptors (Lipinski definition) is 9. The smallest absolute Gasteiger partial charge is 0.341 e. The molecule has 224 valence electrons. The first-order valence-corrected chi connectivity index (χ1v) is 15.2. The lowest BCUT2D eigenvalue weighted by Crippen LogP contribution is -2.43. The average Bonchev–Trinajstić information content (AvgIpc) is 3.87. The summed E-state index contributed by atoms with van der Waals surface area (Å²) in [5.41, 5.74) is -3.69. The van der Waals surface area contributed by atoms with Gasteiger partial charge >= 0.3 is 17.9 Å². The van der Waals surface area contributed by atoms with E-state index in [2.05, 4.69) is 0 Å². The third kappa shape index (κ3) is 6.30. The zero-order valence-electron chi connectivity index (χ0n) is 25.1. The molecule has 0 aromatic rings. The first-order chi connectivity index (χ1) is 18.6. The summed E-state index contributed by atoms with van der Waals surface area (Å²) < 4.78 is 34.8. The molecule has 3 rings (SSSR count). The molecule has 39 heavy (non-hydrogen) atoms. The molecule has 0 N–H and O–H groups in total. The van der Waals surface area contributed by atoms with Crippen molar-refractivity contribution in [3.05, 3.63) is 0 Å². The lowest BCUT2D eigenvalue weighted by Gasteiger charge is -2.32. The summed E-state index contributed by atoms with van der Waals surface area (Å²) in [5.74, 6) is -1.26. The second kappa shape index (κ2) is 12.9. The van der Waals surface area contributed by atoms with E-state index < -0.39 is 40.1 Å². The third-order valence-electron chi connectivity index (χ3n) is 8.99. The molecule has 9 heteroatoms. The van der Waals surface area contributed by atoms with Gasteiger partial charge in [0.25, 0.3) is 0 Å². The maximum absolute atomic E-state index is 13.1. The molecule has 0 spiro atoms. The van der Waals surface area contributed by atoms with E-state index in [4.69, 9.17) is 28.4 Å². The Kier molecular flexibility index (Phi) is 10.5. The van der Waals surface area contributed by atoms with Crippen molar-refractivity contribution in [3.8, 4) is 0 Å². The van der Waals surface area contributed by atoms with E-state index in [1.165, 1.54) is 0 Å². The van der Waals surface area contributed by atoms with Gasteiger partial charge in [0, 0.05) is 0 Å². The number of ether oxygens (including phenoxy) is 6. The maximum atomic E-state index is 13.1. The third-order valence-corrected chi connectivity index (χ3v) is 8.99. The quantitative estimate of drug-likeness (QED) is 0.123. The van der Waals surface area contributed by atoms with E-state index in [0.717, 1.165) is 38.5 Å². The number of rotatable bonds is 19. The molecule has 6 atom stereocenters. The number of hydrogen-bond donors (Lipinski definition) is 0. The monoisotopic (exact) mass is 554 g/mol. The van der Waals surface area contributed by atoms with Crippen LogP contribution >= 0.6 is 0 Å². The fourth-order valence-corrected chi connectivity index (χ4v) is 5.68. The van der Waals surface area contributed by atoms with Crippen molar-refractivity contribution in [2.75, 3.05) is 19.8 Å². The fourth-order valence-electron chi connectivity index (χ4n) is 5.68. The van der Waals surface area contributed by atoms with E-state index >= 15 is 0 Å². The van der Waals surface area contributed by atoms with Gasteiger partial charge in [0.15, 0.2) is 16.8 Å². The molecule has 3 heterocycles. The van der Waals surface area contributed by atoms with Crippen LogP contribution in [0.4, 0.5) is 0 Å². The van der Waals surface area contributed by atoms with Crippen LogP contribution in [0.2, 0.25) is 0 Å². The maximum Gasteiger partial charge on any atom is 0.341 e. The minimum absolute atomic E-state index is 0.0659. The second-order valence-corrected chi connectivity index (χ2v) is 11.5. The highest BCUT2D eigenvalue weighted by atomic mass is 16.7. The van der Waals surface area contributed by atoms with E-state index in [1.807, 2.05) is 48.5 Å². The number of epoxide rings is 3. The topological polar surface area (TPSA) is 116 Å². The molecule has 0 bridgehead atoms. The van der Waals surface area contributed by atoms with Crippen molar-refractivity contribution in [2.24, 2.45) is 5.41 Å². The molecular formula is C30H50O9. The van der Waals surface area contributed by atoms with Gasteiger partial charge in [-0.25, -0.2) is 14.4 Å². The summed E-state index contributed by atoms with van der Waals surface area (Å²) in [6, 6.07) is 0. The van der Waals surface area contributed by atoms with E-state index in [1.54, 1.807) is 0 Å². The minimum Gasteiger partial charge on any atom is -0.463 e. The van der Waals surface area contributed by atoms with Gasteiger partial charge in [-0.15, -0.1) is 0 Å². The molecule has 3 aliphatic heterocycles. The Hall–Kier alpha value is -1.71. The SMILES string of the molecule is CCCC1OC1(CC)C(=O)OCC(CC)(COC(=O)C1(CC)OC1CCC)COC(=O)C1(CC)OC1CCC. The number of esters is 3. The van der Waals surface area contributed by atoms with Gasteiger partial charge in [0.2, 0.25) is 0 Å². The highest BCUT2D eigenvalue weighted by molar-refractivity contribution is 5.84. The Labute approximate surface area is 233 Å². The van der Waals surface area contributed by atoms with E-state index in [-0.39, 0.29) is 38.1 Å². The first kappa shape index (κ1) is 31.8. The zero-order valence-corrected chi connectivity index (χ0v) is 25.1. The van der Waals surface area contributed by atoms with Crippen molar-refractivity contribution >= 4 is 17.9 Å². The van der Waals surface area contributed by atoms with Gasteiger partial charge < -0.3 is 28.4 Å². The highest BCUT2D eigenvalue weighted by Crippen LogP contribution is 2.46. The van der Waals surface area contributed by atoms with Crippen molar-refractivity contribution in [1.29, 1.82) is 0 Å². The predicted octanol–water partition coefficient (Wildman–Crippen LogP) is 5.06. The van der Waals surface area contributed by atoms with Crippen molar-refractivity contribution in [3.63, 3.8) is 0 Å². The van der Waals surface area contributed by atoms with E-state index in [0.29, 0.717) is 25.7 Å². The minimum atomic E-state index is -0.925. The van der Waals surface area contributed by atoms with Crippen molar-refractivity contribution in [2.45, 2.75) is 148 Å². The van der Waals surface area contributed by atoms with Crippen molar-refractivity contribution < 1.29 is 42.8 Å². The lowest BCUT2D eigenvalue weighted by molar-refractivity contribution is -0.169. The summed E-state index contributed by atoms with van der Waals surface area (Å²) in [6.45, 7) is 13.6. The molecular weight excluding hydrogens is 504 g/mol. The molecule has 0 saturated carbocycles. The number of carbonyl (C=O) groups excluding carboxylic acids is 3. The Morgan fingerprint density at radius 1 is 0.564 bits per heavy atom. The van der Waals surface area contributed by atoms with Gasteiger partial charge in [0.05, 0.1) is 23.7 Å². The molecule has 0 aromatic heterocycles. The van der Waals surface area contributed by atoms with Gasteiger partial charge in [0.1, 0.15) is 19.8 Å². The zero-order chi connectivity index (χ0) is 28.9. The van der Waals surface area contributed by atoms with Gasteiger partial charge in [-0.05, 0) is 44.9 Å². The highest BCUT2D eigenvalue weighted by Gasteiger charge is 2.64. The molecule has 0 amide bonds. The standard InChI is InChI=1S/C30H50O9/c1-8-15-21-28(12-5,37-21)24(31)34-18-27(11-4,19-35-25(32)29(13-6)22(38-29)16-9-2)20-36-26(33)30(14-7)23(39-30)17-10-3/h21-23H,8-20H2,1-7H3. The molecule has 0 radical (unpaired) electrons. The molecule has 0 aliphatic carbocycles. The summed E-state index contributed by atoms with van der Waals surface area (Å²) in [4.78, 5) is 39.4. The Bertz CT molecular complexity index is 767. The average molecular weight is 555 g/mol. The van der Waals surface area contributed by atoms with Gasteiger partial charge in [-0.2, -0.15) is 0 Å². The normalized spacial score (nSPS) is 34.1. The van der Waals surface area contributed by atoms with Crippen molar-refractivity contribution in [1.82, 2.24) is 0 Å². The van der Waals surface area contributed by atoms with Crippen LogP contribution in [0.3, 0.4) is 0 Å².